The summed E-state index contributed by atoms with van der Waals surface area (Å²) in [6.07, 6.45) is 0. The van der Waals surface area contributed by atoms with E-state index in [9.17, 15) is 14.0 Å². The van der Waals surface area contributed by atoms with E-state index in [2.05, 4.69) is 5.32 Å². The first-order chi connectivity index (χ1) is 9.99. The zero-order chi connectivity index (χ0) is 15.8. The number of anilines is 1. The molecule has 0 aromatic heterocycles. The van der Waals surface area contributed by atoms with E-state index in [-0.39, 0.29) is 11.7 Å². The molecule has 0 saturated carbocycles. The van der Waals surface area contributed by atoms with Crippen LogP contribution >= 0.6 is 0 Å². The molecule has 116 valence electrons. The minimum atomic E-state index is -1.35. The first-order valence-corrected chi connectivity index (χ1v) is 6.66. The number of benzene rings is 1. The molecule has 1 aromatic carbocycles. The number of urea groups is 1. The van der Waals surface area contributed by atoms with E-state index < -0.39 is 17.3 Å². The molecule has 0 heterocycles. The van der Waals surface area contributed by atoms with Crippen LogP contribution in [-0.4, -0.2) is 48.3 Å². The number of carboxylic acids is 1. The van der Waals surface area contributed by atoms with Crippen molar-refractivity contribution in [1.82, 2.24) is 4.90 Å². The fourth-order valence-corrected chi connectivity index (χ4v) is 1.69. The Balaban J connectivity index is 2.68. The second-order valence-electron chi connectivity index (χ2n) is 4.21. The lowest BCUT2D eigenvalue weighted by atomic mass is 10.2. The Morgan fingerprint density at radius 2 is 2.10 bits per heavy atom. The Morgan fingerprint density at radius 1 is 1.38 bits per heavy atom. The maximum Gasteiger partial charge on any atom is 0.338 e. The molecule has 7 heteroatoms. The molecule has 0 aliphatic rings. The summed E-state index contributed by atoms with van der Waals surface area (Å²) in [4.78, 5) is 24.2. The van der Waals surface area contributed by atoms with Crippen molar-refractivity contribution in [2.75, 3.05) is 31.6 Å². The zero-order valence-electron chi connectivity index (χ0n) is 12.1. The number of carbonyl (C=O) groups excluding carboxylic acids is 1. The lowest BCUT2D eigenvalue weighted by Gasteiger charge is -2.21. The number of hydrogen-bond acceptors (Lipinski definition) is 3. The van der Waals surface area contributed by atoms with Gasteiger partial charge in [-0.3, -0.25) is 0 Å². The van der Waals surface area contributed by atoms with Crippen molar-refractivity contribution < 1.29 is 23.8 Å². The van der Waals surface area contributed by atoms with Crippen LogP contribution in [0.1, 0.15) is 24.2 Å². The Morgan fingerprint density at radius 3 is 2.62 bits per heavy atom. The van der Waals surface area contributed by atoms with E-state index in [0.717, 1.165) is 12.1 Å². The highest BCUT2D eigenvalue weighted by atomic mass is 19.1. The van der Waals surface area contributed by atoms with Gasteiger partial charge in [-0.05, 0) is 32.0 Å². The van der Waals surface area contributed by atoms with Gasteiger partial charge in [0.1, 0.15) is 5.82 Å². The predicted octanol–water partition coefficient (Wildman–Crippen LogP) is 2.41. The van der Waals surface area contributed by atoms with Crippen molar-refractivity contribution in [3.05, 3.63) is 29.6 Å². The summed E-state index contributed by atoms with van der Waals surface area (Å²) in [5.41, 5.74) is -0.228. The zero-order valence-corrected chi connectivity index (χ0v) is 12.1. The molecule has 2 amide bonds. The van der Waals surface area contributed by atoms with E-state index in [1.54, 1.807) is 0 Å². The van der Waals surface area contributed by atoms with Gasteiger partial charge in [0.05, 0.1) is 12.2 Å². The minimum Gasteiger partial charge on any atom is -0.478 e. The standard InChI is InChI=1S/C14H19FN2O4/c1-3-17(7-8-21-4-2)14(20)16-10-5-6-11(13(18)19)12(15)9-10/h5-6,9H,3-4,7-8H2,1-2H3,(H,16,20)(H,18,19). The molecule has 0 atom stereocenters. The summed E-state index contributed by atoms with van der Waals surface area (Å²) in [5, 5.41) is 11.3. The number of ether oxygens (including phenoxy) is 1. The van der Waals surface area contributed by atoms with Gasteiger partial charge in [-0.25, -0.2) is 14.0 Å². The number of halogens is 1. The first-order valence-electron chi connectivity index (χ1n) is 6.66. The minimum absolute atomic E-state index is 0.206. The normalized spacial score (nSPS) is 10.2. The molecule has 6 nitrogen and oxygen atoms in total. The average Bonchev–Trinajstić information content (AvgIpc) is 2.43. The third kappa shape index (κ3) is 5.03. The number of carboxylic acid groups (broad SMARTS) is 1. The molecule has 0 spiro atoms. The molecule has 0 radical (unpaired) electrons. The Labute approximate surface area is 122 Å². The number of likely N-dealkylation sites (N-methyl/N-ethyl adjacent to an activating group) is 1. The average molecular weight is 298 g/mol. The highest BCUT2D eigenvalue weighted by Gasteiger charge is 2.14. The maximum atomic E-state index is 13.5. The van der Waals surface area contributed by atoms with E-state index in [4.69, 9.17) is 9.84 Å². The molecule has 0 fully saturated rings. The van der Waals surface area contributed by atoms with E-state index in [1.807, 2.05) is 13.8 Å². The molecular formula is C14H19FN2O4. The molecular weight excluding hydrogens is 279 g/mol. The summed E-state index contributed by atoms with van der Waals surface area (Å²) >= 11 is 0. The van der Waals surface area contributed by atoms with Gasteiger partial charge >= 0.3 is 12.0 Å². The van der Waals surface area contributed by atoms with Gasteiger partial charge in [-0.15, -0.1) is 0 Å². The molecule has 0 aliphatic heterocycles. The van der Waals surface area contributed by atoms with E-state index in [0.29, 0.717) is 26.3 Å². The topological polar surface area (TPSA) is 78.9 Å². The second-order valence-corrected chi connectivity index (χ2v) is 4.21. The van der Waals surface area contributed by atoms with Crippen LogP contribution in [0.2, 0.25) is 0 Å². The van der Waals surface area contributed by atoms with Gasteiger partial charge in [-0.2, -0.15) is 0 Å². The SMILES string of the molecule is CCOCCN(CC)C(=O)Nc1ccc(C(=O)O)c(F)c1. The van der Waals surface area contributed by atoms with Crippen LogP contribution in [0.5, 0.6) is 0 Å². The van der Waals surface area contributed by atoms with Crippen LogP contribution < -0.4 is 5.32 Å². The summed E-state index contributed by atoms with van der Waals surface area (Å²) in [7, 11) is 0. The highest BCUT2D eigenvalue weighted by Crippen LogP contribution is 2.15. The van der Waals surface area contributed by atoms with Gasteiger partial charge in [0, 0.05) is 25.4 Å². The highest BCUT2D eigenvalue weighted by molar-refractivity contribution is 5.91. The Kier molecular flexibility index (Phi) is 6.61. The van der Waals surface area contributed by atoms with Crippen LogP contribution in [0.4, 0.5) is 14.9 Å². The number of nitrogens with one attached hydrogen (secondary N) is 1. The molecule has 0 aliphatic carbocycles. The maximum absolute atomic E-state index is 13.5. The van der Waals surface area contributed by atoms with E-state index in [1.165, 1.54) is 11.0 Å². The molecule has 0 saturated heterocycles. The summed E-state index contributed by atoms with van der Waals surface area (Å²) in [6.45, 7) is 5.58. The van der Waals surface area contributed by atoms with E-state index >= 15 is 0 Å². The summed E-state index contributed by atoms with van der Waals surface area (Å²) in [5.74, 6) is -2.24. The number of hydrogen-bond donors (Lipinski definition) is 2. The molecule has 0 unspecified atom stereocenters. The number of nitrogens with zero attached hydrogens (tertiary/aromatic N) is 1. The van der Waals surface area contributed by atoms with Crippen LogP contribution in [0.3, 0.4) is 0 Å². The third-order valence-corrected chi connectivity index (χ3v) is 2.83. The number of aromatic carboxylic acids is 1. The summed E-state index contributed by atoms with van der Waals surface area (Å²) in [6, 6.07) is 3.06. The Hall–Kier alpha value is -2.15. The fraction of sp³-hybridized carbons (Fsp3) is 0.429. The number of amides is 2. The van der Waals surface area contributed by atoms with Gasteiger partial charge in [-0.1, -0.05) is 0 Å². The van der Waals surface area contributed by atoms with Crippen molar-refractivity contribution in [3.63, 3.8) is 0 Å². The van der Waals surface area contributed by atoms with Crippen LogP contribution in [-0.2, 0) is 4.74 Å². The lowest BCUT2D eigenvalue weighted by molar-refractivity contribution is 0.0692. The molecule has 1 rings (SSSR count). The van der Waals surface area contributed by atoms with Gasteiger partial charge < -0.3 is 20.1 Å². The predicted molar refractivity (Wildman–Crippen MR) is 76.1 cm³/mol. The molecule has 0 bridgehead atoms. The van der Waals surface area contributed by atoms with Crippen LogP contribution in [0.15, 0.2) is 18.2 Å². The van der Waals surface area contributed by atoms with Crippen LogP contribution in [0, 0.1) is 5.82 Å². The first kappa shape index (κ1) is 16.9. The summed E-state index contributed by atoms with van der Waals surface area (Å²) < 4.78 is 18.7. The van der Waals surface area contributed by atoms with Crippen molar-refractivity contribution in [2.45, 2.75) is 13.8 Å². The molecule has 1 aromatic rings. The van der Waals surface area contributed by atoms with Crippen LogP contribution in [0.25, 0.3) is 0 Å². The van der Waals surface area contributed by atoms with Crippen molar-refractivity contribution in [2.24, 2.45) is 0 Å². The smallest absolute Gasteiger partial charge is 0.338 e. The van der Waals surface area contributed by atoms with Crippen molar-refractivity contribution in [3.8, 4) is 0 Å². The Bertz CT molecular complexity index is 508. The molecule has 2 N–H and O–H groups in total. The van der Waals surface area contributed by atoms with Gasteiger partial charge in [0.25, 0.3) is 0 Å². The quantitative estimate of drug-likeness (QED) is 0.758. The number of rotatable bonds is 7. The monoisotopic (exact) mass is 298 g/mol. The fourth-order valence-electron chi connectivity index (χ4n) is 1.69. The van der Waals surface area contributed by atoms with Crippen molar-refractivity contribution >= 4 is 17.7 Å². The largest absolute Gasteiger partial charge is 0.478 e. The van der Waals surface area contributed by atoms with Crippen molar-refractivity contribution in [1.29, 1.82) is 0 Å². The van der Waals surface area contributed by atoms with Gasteiger partial charge in [0.2, 0.25) is 0 Å². The second kappa shape index (κ2) is 8.21. The number of carbonyl (C=O) groups is 2. The third-order valence-electron chi connectivity index (χ3n) is 2.83. The lowest BCUT2D eigenvalue weighted by Crippen LogP contribution is -2.37. The molecule has 21 heavy (non-hydrogen) atoms. The van der Waals surface area contributed by atoms with Gasteiger partial charge in [0.15, 0.2) is 0 Å².